The van der Waals surface area contributed by atoms with E-state index in [1.54, 1.807) is 11.6 Å². The molecule has 0 saturated heterocycles. The van der Waals surface area contributed by atoms with Gasteiger partial charge in [-0.15, -0.1) is 10.2 Å². The summed E-state index contributed by atoms with van der Waals surface area (Å²) in [6, 6.07) is 15.5. The predicted molar refractivity (Wildman–Crippen MR) is 97.5 cm³/mol. The Labute approximate surface area is 145 Å². The Bertz CT molecular complexity index is 1100. The van der Waals surface area contributed by atoms with Crippen LogP contribution < -0.4 is 10.9 Å². The lowest BCUT2D eigenvalue weighted by atomic mass is 10.2. The van der Waals surface area contributed by atoms with Crippen LogP contribution in [0.1, 0.15) is 5.56 Å². The average molecular weight is 384 g/mol. The van der Waals surface area contributed by atoms with E-state index in [0.29, 0.717) is 23.7 Å². The maximum Gasteiger partial charge on any atom is 0.263 e. The van der Waals surface area contributed by atoms with Crippen molar-refractivity contribution in [1.29, 1.82) is 0 Å². The van der Waals surface area contributed by atoms with E-state index in [9.17, 15) is 4.79 Å². The topological polar surface area (TPSA) is 64.2 Å². The number of benzene rings is 2. The fraction of sp³-hybridized carbons (Fsp3) is 0.118. The van der Waals surface area contributed by atoms with Crippen molar-refractivity contribution in [3.63, 3.8) is 0 Å². The summed E-state index contributed by atoms with van der Waals surface area (Å²) in [6.45, 7) is 0.438. The fourth-order valence-corrected chi connectivity index (χ4v) is 3.21. The zero-order valence-corrected chi connectivity index (χ0v) is 14.5. The Morgan fingerprint density at radius 3 is 2.67 bits per heavy atom. The van der Waals surface area contributed by atoms with Crippen LogP contribution in [0, 0.1) is 0 Å². The summed E-state index contributed by atoms with van der Waals surface area (Å²) >= 11 is 3.44. The van der Waals surface area contributed by atoms with Gasteiger partial charge in [-0.1, -0.05) is 46.3 Å². The van der Waals surface area contributed by atoms with Crippen LogP contribution >= 0.6 is 15.9 Å². The van der Waals surface area contributed by atoms with E-state index in [0.717, 1.165) is 15.6 Å². The minimum atomic E-state index is -0.0855. The highest BCUT2D eigenvalue weighted by molar-refractivity contribution is 9.10. The molecular formula is C17H14BrN5O. The van der Waals surface area contributed by atoms with Crippen LogP contribution in [0.25, 0.3) is 16.7 Å². The Hall–Kier alpha value is -2.67. The molecule has 1 N–H and O–H groups in total. The quantitative estimate of drug-likeness (QED) is 0.590. The van der Waals surface area contributed by atoms with E-state index < -0.39 is 0 Å². The van der Waals surface area contributed by atoms with Gasteiger partial charge in [-0.3, -0.25) is 9.36 Å². The molecule has 0 spiro atoms. The molecule has 6 nitrogen and oxygen atoms in total. The molecule has 0 unspecified atom stereocenters. The number of anilines is 1. The number of hydrogen-bond acceptors (Lipinski definition) is 4. The van der Waals surface area contributed by atoms with Crippen molar-refractivity contribution in [2.45, 2.75) is 6.54 Å². The summed E-state index contributed by atoms with van der Waals surface area (Å²) in [5.41, 5.74) is 1.72. The molecule has 0 amide bonds. The standard InChI is InChI=1S/C17H14BrN5O/c1-19-16-20-21-17-22(10-11-5-3-2-4-6-11)15(24)13-9-12(18)7-8-14(13)23(16)17/h2-9H,10H2,1H3,(H,19,20). The summed E-state index contributed by atoms with van der Waals surface area (Å²) in [4.78, 5) is 13.0. The zero-order chi connectivity index (χ0) is 16.7. The molecule has 4 aromatic rings. The highest BCUT2D eigenvalue weighted by Gasteiger charge is 2.16. The van der Waals surface area contributed by atoms with Crippen molar-refractivity contribution in [2.24, 2.45) is 0 Å². The van der Waals surface area contributed by atoms with Crippen molar-refractivity contribution >= 4 is 38.6 Å². The van der Waals surface area contributed by atoms with Gasteiger partial charge in [0.15, 0.2) is 0 Å². The van der Waals surface area contributed by atoms with Gasteiger partial charge in [0.1, 0.15) is 0 Å². The minimum absolute atomic E-state index is 0.0855. The van der Waals surface area contributed by atoms with E-state index in [1.807, 2.05) is 52.9 Å². The third-order valence-electron chi connectivity index (χ3n) is 3.97. The highest BCUT2D eigenvalue weighted by Crippen LogP contribution is 2.21. The minimum Gasteiger partial charge on any atom is -0.357 e. The van der Waals surface area contributed by atoms with Crippen LogP contribution in [0.15, 0.2) is 57.8 Å². The third kappa shape index (κ3) is 2.28. The molecule has 2 aromatic carbocycles. The first-order valence-corrected chi connectivity index (χ1v) is 8.27. The van der Waals surface area contributed by atoms with Gasteiger partial charge in [-0.2, -0.15) is 0 Å². The van der Waals surface area contributed by atoms with Gasteiger partial charge in [0, 0.05) is 11.5 Å². The molecular weight excluding hydrogens is 370 g/mol. The monoisotopic (exact) mass is 383 g/mol. The van der Waals surface area contributed by atoms with Crippen LogP contribution in [0.3, 0.4) is 0 Å². The number of fused-ring (bicyclic) bond motifs is 3. The number of nitrogens with one attached hydrogen (secondary N) is 1. The molecule has 0 aliphatic heterocycles. The van der Waals surface area contributed by atoms with Gasteiger partial charge in [0.25, 0.3) is 5.56 Å². The fourth-order valence-electron chi connectivity index (χ4n) is 2.85. The molecule has 2 aromatic heterocycles. The van der Waals surface area contributed by atoms with Gasteiger partial charge in [0.2, 0.25) is 11.7 Å². The van der Waals surface area contributed by atoms with Crippen LogP contribution in [-0.2, 0) is 6.54 Å². The normalized spacial score (nSPS) is 11.2. The molecule has 2 heterocycles. The largest absolute Gasteiger partial charge is 0.357 e. The van der Waals surface area contributed by atoms with E-state index in [2.05, 4.69) is 31.4 Å². The molecule has 0 aliphatic rings. The lowest BCUT2D eigenvalue weighted by Crippen LogP contribution is -2.24. The molecule has 0 fully saturated rings. The van der Waals surface area contributed by atoms with Crippen LogP contribution in [-0.4, -0.2) is 26.2 Å². The van der Waals surface area contributed by atoms with Crippen molar-refractivity contribution in [3.05, 3.63) is 68.9 Å². The molecule has 7 heteroatoms. The Morgan fingerprint density at radius 1 is 1.12 bits per heavy atom. The number of halogens is 1. The number of nitrogens with zero attached hydrogens (tertiary/aromatic N) is 4. The zero-order valence-electron chi connectivity index (χ0n) is 12.9. The van der Waals surface area contributed by atoms with E-state index >= 15 is 0 Å². The highest BCUT2D eigenvalue weighted by atomic mass is 79.9. The van der Waals surface area contributed by atoms with Gasteiger partial charge < -0.3 is 5.32 Å². The summed E-state index contributed by atoms with van der Waals surface area (Å²) < 4.78 is 4.38. The van der Waals surface area contributed by atoms with Crippen LogP contribution in [0.5, 0.6) is 0 Å². The second-order valence-electron chi connectivity index (χ2n) is 5.45. The molecule has 0 bridgehead atoms. The molecule has 120 valence electrons. The number of rotatable bonds is 3. The smallest absolute Gasteiger partial charge is 0.263 e. The van der Waals surface area contributed by atoms with Crippen molar-refractivity contribution in [2.75, 3.05) is 12.4 Å². The number of aromatic nitrogens is 4. The van der Waals surface area contributed by atoms with Crippen molar-refractivity contribution in [3.8, 4) is 0 Å². The van der Waals surface area contributed by atoms with E-state index in [-0.39, 0.29) is 5.56 Å². The summed E-state index contributed by atoms with van der Waals surface area (Å²) in [7, 11) is 1.79. The lowest BCUT2D eigenvalue weighted by molar-refractivity contribution is 0.766. The first kappa shape index (κ1) is 14.9. The number of hydrogen-bond donors (Lipinski definition) is 1. The van der Waals surface area contributed by atoms with Gasteiger partial charge in [-0.25, -0.2) is 4.40 Å². The van der Waals surface area contributed by atoms with Crippen molar-refractivity contribution < 1.29 is 0 Å². The van der Waals surface area contributed by atoms with Gasteiger partial charge in [-0.05, 0) is 23.8 Å². The molecule has 0 saturated carbocycles. The third-order valence-corrected chi connectivity index (χ3v) is 4.46. The predicted octanol–water partition coefficient (Wildman–Crippen LogP) is 2.90. The van der Waals surface area contributed by atoms with E-state index in [4.69, 9.17) is 0 Å². The van der Waals surface area contributed by atoms with E-state index in [1.165, 1.54) is 0 Å². The SMILES string of the molecule is CNc1nnc2n(Cc3ccccc3)c(=O)c3cc(Br)ccc3n12. The summed E-state index contributed by atoms with van der Waals surface area (Å²) in [5.74, 6) is 1.11. The second kappa shape index (κ2) is 5.76. The maximum absolute atomic E-state index is 13.0. The van der Waals surface area contributed by atoms with Crippen LogP contribution in [0.2, 0.25) is 0 Å². The molecule has 0 aliphatic carbocycles. The summed E-state index contributed by atoms with van der Waals surface area (Å²) in [6.07, 6.45) is 0. The molecule has 24 heavy (non-hydrogen) atoms. The first-order valence-electron chi connectivity index (χ1n) is 7.48. The summed E-state index contributed by atoms with van der Waals surface area (Å²) in [5, 5.41) is 12.0. The molecule has 4 rings (SSSR count). The maximum atomic E-state index is 13.0. The first-order chi connectivity index (χ1) is 11.7. The van der Waals surface area contributed by atoms with Crippen LogP contribution in [0.4, 0.5) is 5.95 Å². The molecule has 0 atom stereocenters. The molecule has 0 radical (unpaired) electrons. The van der Waals surface area contributed by atoms with Gasteiger partial charge >= 0.3 is 0 Å². The Morgan fingerprint density at radius 2 is 1.92 bits per heavy atom. The van der Waals surface area contributed by atoms with Crippen molar-refractivity contribution in [1.82, 2.24) is 19.2 Å². The average Bonchev–Trinajstić information content (AvgIpc) is 3.03. The lowest BCUT2D eigenvalue weighted by Gasteiger charge is -2.11. The Kier molecular flexibility index (Phi) is 3.57. The van der Waals surface area contributed by atoms with Gasteiger partial charge in [0.05, 0.1) is 17.4 Å². The second-order valence-corrected chi connectivity index (χ2v) is 6.36. The Balaban J connectivity index is 2.09.